The zero-order chi connectivity index (χ0) is 31.7. The second kappa shape index (κ2) is 15.0. The normalized spacial score (nSPS) is 17.0. The minimum atomic E-state index is -0.352. The van der Waals surface area contributed by atoms with Crippen LogP contribution >= 0.6 is 0 Å². The minimum absolute atomic E-state index is 0.0505. The summed E-state index contributed by atoms with van der Waals surface area (Å²) < 4.78 is 5.60. The number of carbonyl (C=O) groups excluding carboxylic acids is 3. The molecule has 0 radical (unpaired) electrons. The standard InChI is InChI=1S/C33H44N6O4/c1-8-25(9-2)39-28(11-4)33(42)38(6)27(10-3)31(39)36-21(5)35-26-18-15-23(20-29(26)43-7)32(41)37-24-16-12-22(13-17-24)14-19-30(34)40/h10,12-13,15-18,20,25,28,35H,5,8-9,11,14,19H2,1-4,6-7H3,(H2,34,40)(H,37,41)/b27-10+,36-31+. The van der Waals surface area contributed by atoms with Crippen molar-refractivity contribution in [3.63, 3.8) is 0 Å². The molecule has 0 saturated carbocycles. The molecular formula is C33H44N6O4. The number of primary amides is 1. The Bertz CT molecular complexity index is 1390. The molecule has 0 spiro atoms. The van der Waals surface area contributed by atoms with Crippen molar-refractivity contribution in [3.8, 4) is 5.75 Å². The third-order valence-corrected chi connectivity index (χ3v) is 7.64. The van der Waals surface area contributed by atoms with Crippen LogP contribution < -0.4 is 21.1 Å². The number of amides is 3. The van der Waals surface area contributed by atoms with Gasteiger partial charge >= 0.3 is 0 Å². The van der Waals surface area contributed by atoms with Crippen LogP contribution in [0.25, 0.3) is 0 Å². The Morgan fingerprint density at radius 2 is 1.79 bits per heavy atom. The van der Waals surface area contributed by atoms with Crippen LogP contribution in [0.5, 0.6) is 5.75 Å². The highest BCUT2D eigenvalue weighted by molar-refractivity contribution is 6.08. The number of piperazine rings is 1. The molecule has 1 fully saturated rings. The summed E-state index contributed by atoms with van der Waals surface area (Å²) in [6.07, 6.45) is 5.12. The lowest BCUT2D eigenvalue weighted by Gasteiger charge is -2.46. The first kappa shape index (κ1) is 32.9. The molecule has 0 aliphatic carbocycles. The highest BCUT2D eigenvalue weighted by atomic mass is 16.5. The van der Waals surface area contributed by atoms with Gasteiger partial charge in [0.25, 0.3) is 5.91 Å². The van der Waals surface area contributed by atoms with Crippen LogP contribution in [-0.4, -0.2) is 59.6 Å². The molecule has 230 valence electrons. The summed E-state index contributed by atoms with van der Waals surface area (Å²) in [5.41, 5.74) is 8.53. The van der Waals surface area contributed by atoms with Crippen molar-refractivity contribution >= 4 is 34.9 Å². The molecule has 10 nitrogen and oxygen atoms in total. The van der Waals surface area contributed by atoms with E-state index in [1.54, 1.807) is 42.3 Å². The summed E-state index contributed by atoms with van der Waals surface area (Å²) in [6, 6.07) is 12.2. The first-order valence-corrected chi connectivity index (χ1v) is 14.7. The van der Waals surface area contributed by atoms with Gasteiger partial charge in [-0.3, -0.25) is 14.4 Å². The number of nitrogens with two attached hydrogens (primary N) is 1. The van der Waals surface area contributed by atoms with E-state index < -0.39 is 0 Å². The maximum Gasteiger partial charge on any atom is 0.255 e. The van der Waals surface area contributed by atoms with E-state index in [0.717, 1.165) is 24.1 Å². The number of nitrogens with one attached hydrogen (secondary N) is 2. The fourth-order valence-electron chi connectivity index (χ4n) is 5.28. The van der Waals surface area contributed by atoms with Crippen molar-refractivity contribution in [2.24, 2.45) is 10.7 Å². The molecule has 1 atom stereocenters. The number of ether oxygens (including phenoxy) is 1. The van der Waals surface area contributed by atoms with E-state index in [1.807, 2.05) is 32.1 Å². The lowest BCUT2D eigenvalue weighted by molar-refractivity contribution is -0.134. The quantitative estimate of drug-likeness (QED) is 0.292. The predicted molar refractivity (Wildman–Crippen MR) is 172 cm³/mol. The zero-order valence-corrected chi connectivity index (χ0v) is 26.1. The maximum absolute atomic E-state index is 13.2. The van der Waals surface area contributed by atoms with E-state index in [0.29, 0.717) is 47.2 Å². The summed E-state index contributed by atoms with van der Waals surface area (Å²) in [4.78, 5) is 45.9. The number of methoxy groups -OCH3 is 1. The number of rotatable bonds is 13. The molecule has 2 aromatic carbocycles. The average molecular weight is 589 g/mol. The Kier molecular flexibility index (Phi) is 11.5. The lowest BCUT2D eigenvalue weighted by Crippen LogP contribution is -2.60. The second-order valence-electron chi connectivity index (χ2n) is 10.4. The number of aliphatic imine (C=N–C) groups is 1. The topological polar surface area (TPSA) is 129 Å². The molecule has 1 unspecified atom stereocenters. The van der Waals surface area contributed by atoms with E-state index in [1.165, 1.54) is 7.11 Å². The van der Waals surface area contributed by atoms with Gasteiger partial charge in [0.2, 0.25) is 11.8 Å². The fraction of sp³-hybridized carbons (Fsp3) is 0.394. The molecular weight excluding hydrogens is 544 g/mol. The molecule has 43 heavy (non-hydrogen) atoms. The molecule has 1 aliphatic rings. The average Bonchev–Trinajstić information content (AvgIpc) is 3.00. The number of anilines is 2. The second-order valence-corrected chi connectivity index (χ2v) is 10.4. The number of aryl methyl sites for hydroxylation is 1. The fourth-order valence-corrected chi connectivity index (χ4v) is 5.28. The van der Waals surface area contributed by atoms with Gasteiger partial charge in [0, 0.05) is 30.8 Å². The van der Waals surface area contributed by atoms with E-state index >= 15 is 0 Å². The van der Waals surface area contributed by atoms with Gasteiger partial charge < -0.3 is 30.9 Å². The Hall–Kier alpha value is -4.60. The van der Waals surface area contributed by atoms with Crippen molar-refractivity contribution in [2.75, 3.05) is 24.8 Å². The number of hydrogen-bond acceptors (Lipinski definition) is 6. The molecule has 3 rings (SSSR count). The van der Waals surface area contributed by atoms with Crippen molar-refractivity contribution in [2.45, 2.75) is 71.9 Å². The first-order chi connectivity index (χ1) is 20.6. The van der Waals surface area contributed by atoms with Gasteiger partial charge in [-0.2, -0.15) is 0 Å². The van der Waals surface area contributed by atoms with E-state index in [9.17, 15) is 14.4 Å². The number of carbonyl (C=O) groups is 3. The zero-order valence-electron chi connectivity index (χ0n) is 26.1. The van der Waals surface area contributed by atoms with Crippen LogP contribution in [0.15, 0.2) is 71.6 Å². The molecule has 0 aromatic heterocycles. The summed E-state index contributed by atoms with van der Waals surface area (Å²) in [7, 11) is 3.31. The van der Waals surface area contributed by atoms with Crippen LogP contribution in [0.4, 0.5) is 11.4 Å². The van der Waals surface area contributed by atoms with Gasteiger partial charge in [0.05, 0.1) is 18.5 Å². The molecule has 0 bridgehead atoms. The van der Waals surface area contributed by atoms with E-state index in [4.69, 9.17) is 15.5 Å². The Morgan fingerprint density at radius 3 is 2.35 bits per heavy atom. The number of nitrogens with zero attached hydrogens (tertiary/aromatic N) is 3. The number of likely N-dealkylation sites (N-methyl/N-ethyl adjacent to an activating group) is 1. The van der Waals surface area contributed by atoms with Gasteiger partial charge in [0.15, 0.2) is 5.84 Å². The third kappa shape index (κ3) is 7.82. The molecule has 1 saturated heterocycles. The van der Waals surface area contributed by atoms with Gasteiger partial charge in [-0.05, 0) is 68.5 Å². The van der Waals surface area contributed by atoms with E-state index in [2.05, 4.69) is 36.0 Å². The number of hydrogen-bond donors (Lipinski definition) is 3. The van der Waals surface area contributed by atoms with Crippen LogP contribution in [0, 0.1) is 0 Å². The summed E-state index contributed by atoms with van der Waals surface area (Å²) in [5.74, 6) is 0.909. The van der Waals surface area contributed by atoms with Crippen LogP contribution in [0.3, 0.4) is 0 Å². The monoisotopic (exact) mass is 588 g/mol. The smallest absolute Gasteiger partial charge is 0.255 e. The number of amidine groups is 1. The Morgan fingerprint density at radius 1 is 1.12 bits per heavy atom. The van der Waals surface area contributed by atoms with E-state index in [-0.39, 0.29) is 36.2 Å². The third-order valence-electron chi connectivity index (χ3n) is 7.64. The van der Waals surface area contributed by atoms with Crippen LogP contribution in [0.2, 0.25) is 0 Å². The lowest BCUT2D eigenvalue weighted by atomic mass is 9.99. The highest BCUT2D eigenvalue weighted by Gasteiger charge is 2.41. The Labute approximate surface area is 254 Å². The molecule has 3 amide bonds. The summed E-state index contributed by atoms with van der Waals surface area (Å²) in [5, 5.41) is 6.10. The van der Waals surface area contributed by atoms with Crippen LogP contribution in [0.1, 0.15) is 69.3 Å². The predicted octanol–water partition coefficient (Wildman–Crippen LogP) is 5.29. The SMILES string of the molecule is C=C(/N=C1\C(=C/C)N(C)C(=O)C(CC)N1C(CC)CC)Nc1ccc(C(=O)Nc2ccc(CCC(N)=O)cc2)cc1OC. The van der Waals surface area contributed by atoms with Crippen molar-refractivity contribution in [3.05, 3.63) is 77.8 Å². The van der Waals surface area contributed by atoms with Gasteiger partial charge in [-0.1, -0.05) is 45.6 Å². The largest absolute Gasteiger partial charge is 0.495 e. The first-order valence-electron chi connectivity index (χ1n) is 14.7. The number of benzene rings is 2. The summed E-state index contributed by atoms with van der Waals surface area (Å²) >= 11 is 0. The van der Waals surface area contributed by atoms with Crippen LogP contribution in [-0.2, 0) is 16.0 Å². The van der Waals surface area contributed by atoms with Gasteiger partial charge in [-0.15, -0.1) is 0 Å². The summed E-state index contributed by atoms with van der Waals surface area (Å²) in [6.45, 7) is 12.3. The van der Waals surface area contributed by atoms with Crippen molar-refractivity contribution in [1.82, 2.24) is 9.80 Å². The van der Waals surface area contributed by atoms with Gasteiger partial charge in [-0.25, -0.2) is 4.99 Å². The molecule has 10 heteroatoms. The molecule has 4 N–H and O–H groups in total. The maximum atomic E-state index is 13.2. The van der Waals surface area contributed by atoms with Crippen molar-refractivity contribution < 1.29 is 19.1 Å². The minimum Gasteiger partial charge on any atom is -0.495 e. The molecule has 1 aliphatic heterocycles. The van der Waals surface area contributed by atoms with Crippen molar-refractivity contribution in [1.29, 1.82) is 0 Å². The number of allylic oxidation sites excluding steroid dienone is 1. The highest BCUT2D eigenvalue weighted by Crippen LogP contribution is 2.30. The molecule has 2 aromatic rings. The van der Waals surface area contributed by atoms with Gasteiger partial charge in [0.1, 0.15) is 17.6 Å². The Balaban J connectivity index is 1.82. The molecule has 1 heterocycles.